The van der Waals surface area contributed by atoms with Gasteiger partial charge in [-0.3, -0.25) is 9.59 Å². The van der Waals surface area contributed by atoms with Crippen molar-refractivity contribution in [1.82, 2.24) is 9.88 Å². The van der Waals surface area contributed by atoms with E-state index in [9.17, 15) is 14.7 Å². The molecular formula is C12H16N2O3S. The van der Waals surface area contributed by atoms with E-state index in [0.717, 1.165) is 0 Å². The quantitative estimate of drug-likeness (QED) is 0.903. The van der Waals surface area contributed by atoms with Crippen molar-refractivity contribution in [3.05, 3.63) is 16.6 Å². The largest absolute Gasteiger partial charge is 0.481 e. The third-order valence-electron chi connectivity index (χ3n) is 3.02. The highest BCUT2D eigenvalue weighted by molar-refractivity contribution is 7.09. The number of hydrogen-bond acceptors (Lipinski definition) is 4. The third-order valence-corrected chi connectivity index (χ3v) is 3.86. The number of carbonyl (C=O) groups excluding carboxylic acids is 1. The van der Waals surface area contributed by atoms with Crippen molar-refractivity contribution in [1.29, 1.82) is 0 Å². The van der Waals surface area contributed by atoms with Gasteiger partial charge < -0.3 is 10.0 Å². The smallest absolute Gasteiger partial charge is 0.309 e. The van der Waals surface area contributed by atoms with Crippen molar-refractivity contribution in [3.8, 4) is 0 Å². The van der Waals surface area contributed by atoms with Gasteiger partial charge in [0.05, 0.1) is 12.0 Å². The van der Waals surface area contributed by atoms with Gasteiger partial charge in [0, 0.05) is 24.5 Å². The predicted octanol–water partition coefficient (Wildman–Crippen LogP) is 1.77. The second-order valence-corrected chi connectivity index (χ2v) is 5.83. The maximum Gasteiger partial charge on any atom is 0.309 e. The fourth-order valence-electron chi connectivity index (χ4n) is 2.31. The summed E-state index contributed by atoms with van der Waals surface area (Å²) in [5.74, 6) is -1.38. The summed E-state index contributed by atoms with van der Waals surface area (Å²) >= 11 is 1.41. The molecule has 0 aromatic carbocycles. The number of nitrogens with zero attached hydrogens (tertiary/aromatic N) is 2. The molecule has 1 fully saturated rings. The summed E-state index contributed by atoms with van der Waals surface area (Å²) in [4.78, 5) is 29.1. The van der Waals surface area contributed by atoms with Crippen LogP contribution in [0.2, 0.25) is 0 Å². The van der Waals surface area contributed by atoms with Crippen LogP contribution in [0.4, 0.5) is 0 Å². The number of carboxylic acids is 1. The summed E-state index contributed by atoms with van der Waals surface area (Å²) in [6, 6.07) is -0.405. The van der Waals surface area contributed by atoms with Crippen LogP contribution in [0.1, 0.15) is 31.3 Å². The van der Waals surface area contributed by atoms with E-state index in [2.05, 4.69) is 4.98 Å². The van der Waals surface area contributed by atoms with Gasteiger partial charge in [-0.2, -0.15) is 0 Å². The van der Waals surface area contributed by atoms with Crippen LogP contribution in [0.3, 0.4) is 0 Å². The van der Waals surface area contributed by atoms with Crippen molar-refractivity contribution >= 4 is 23.2 Å². The lowest BCUT2D eigenvalue weighted by Gasteiger charge is -2.26. The molecular weight excluding hydrogens is 252 g/mol. The van der Waals surface area contributed by atoms with Gasteiger partial charge >= 0.3 is 5.97 Å². The zero-order chi connectivity index (χ0) is 13.3. The van der Waals surface area contributed by atoms with E-state index >= 15 is 0 Å². The normalized spacial score (nSPS) is 23.9. The number of carboxylic acid groups (broad SMARTS) is 1. The molecule has 0 radical (unpaired) electrons. The van der Waals surface area contributed by atoms with E-state index in [1.165, 1.54) is 11.3 Å². The lowest BCUT2D eigenvalue weighted by atomic mass is 10.0. The topological polar surface area (TPSA) is 70.5 Å². The molecule has 1 aromatic heterocycles. The first-order valence-corrected chi connectivity index (χ1v) is 6.80. The zero-order valence-electron chi connectivity index (χ0n) is 10.4. The van der Waals surface area contributed by atoms with Crippen molar-refractivity contribution in [2.24, 2.45) is 11.8 Å². The molecule has 1 N–H and O–H groups in total. The number of likely N-dealkylation sites (tertiary alicyclic amines) is 1. The van der Waals surface area contributed by atoms with Crippen LogP contribution in [0, 0.1) is 11.8 Å². The SMILES string of the molecule is CC(C)CN1C(=O)CC(C(=O)O)C1c1nccs1. The Balaban J connectivity index is 2.32. The van der Waals surface area contributed by atoms with Crippen molar-refractivity contribution < 1.29 is 14.7 Å². The molecule has 0 saturated carbocycles. The molecule has 6 heteroatoms. The van der Waals surface area contributed by atoms with Gasteiger partial charge in [0.25, 0.3) is 0 Å². The maximum absolute atomic E-state index is 12.0. The number of hydrogen-bond donors (Lipinski definition) is 1. The van der Waals surface area contributed by atoms with E-state index in [4.69, 9.17) is 0 Å². The Morgan fingerprint density at radius 2 is 2.39 bits per heavy atom. The molecule has 2 atom stereocenters. The highest BCUT2D eigenvalue weighted by atomic mass is 32.1. The van der Waals surface area contributed by atoms with Crippen molar-refractivity contribution in [2.45, 2.75) is 26.3 Å². The number of aromatic nitrogens is 1. The first kappa shape index (κ1) is 13.0. The van der Waals surface area contributed by atoms with E-state index in [0.29, 0.717) is 17.5 Å². The Bertz CT molecular complexity index is 444. The Labute approximate surface area is 109 Å². The Morgan fingerprint density at radius 3 is 2.89 bits per heavy atom. The molecule has 2 heterocycles. The van der Waals surface area contributed by atoms with Gasteiger partial charge in [-0.1, -0.05) is 13.8 Å². The van der Waals surface area contributed by atoms with Crippen LogP contribution in [0.15, 0.2) is 11.6 Å². The highest BCUT2D eigenvalue weighted by Gasteiger charge is 2.45. The summed E-state index contributed by atoms with van der Waals surface area (Å²) in [6.07, 6.45) is 1.72. The molecule has 0 aliphatic carbocycles. The maximum atomic E-state index is 12.0. The molecule has 1 aromatic rings. The fourth-order valence-corrected chi connectivity index (χ4v) is 3.12. The molecule has 18 heavy (non-hydrogen) atoms. The molecule has 1 amide bonds. The Hall–Kier alpha value is -1.43. The van der Waals surface area contributed by atoms with Gasteiger partial charge in [0.1, 0.15) is 5.01 Å². The molecule has 0 bridgehead atoms. The van der Waals surface area contributed by atoms with E-state index in [1.54, 1.807) is 11.1 Å². The first-order valence-electron chi connectivity index (χ1n) is 5.92. The second-order valence-electron chi connectivity index (χ2n) is 4.90. The van der Waals surface area contributed by atoms with Crippen LogP contribution >= 0.6 is 11.3 Å². The van der Waals surface area contributed by atoms with Gasteiger partial charge in [-0.15, -0.1) is 11.3 Å². The number of aliphatic carboxylic acids is 1. The van der Waals surface area contributed by atoms with Gasteiger partial charge in [0.2, 0.25) is 5.91 Å². The predicted molar refractivity (Wildman–Crippen MR) is 67.1 cm³/mol. The summed E-state index contributed by atoms with van der Waals surface area (Å²) in [5, 5.41) is 11.8. The third kappa shape index (κ3) is 2.38. The highest BCUT2D eigenvalue weighted by Crippen LogP contribution is 2.39. The zero-order valence-corrected chi connectivity index (χ0v) is 11.2. The molecule has 1 aliphatic rings. The van der Waals surface area contributed by atoms with E-state index in [-0.39, 0.29) is 12.3 Å². The molecule has 98 valence electrons. The number of carbonyl (C=O) groups is 2. The van der Waals surface area contributed by atoms with Crippen molar-refractivity contribution in [3.63, 3.8) is 0 Å². The van der Waals surface area contributed by atoms with Gasteiger partial charge in [-0.25, -0.2) is 4.98 Å². The minimum atomic E-state index is -0.921. The lowest BCUT2D eigenvalue weighted by molar-refractivity contribution is -0.142. The molecule has 1 aliphatic heterocycles. The summed E-state index contributed by atoms with van der Waals surface area (Å²) in [7, 11) is 0. The molecule has 5 nitrogen and oxygen atoms in total. The molecule has 1 saturated heterocycles. The standard InChI is InChI=1S/C12H16N2O3S/c1-7(2)6-14-9(15)5-8(12(16)17)10(14)11-13-3-4-18-11/h3-4,7-8,10H,5-6H2,1-2H3,(H,16,17). The average Bonchev–Trinajstić information content (AvgIpc) is 2.87. The summed E-state index contributed by atoms with van der Waals surface area (Å²) in [5.41, 5.74) is 0. The molecule has 0 spiro atoms. The monoisotopic (exact) mass is 268 g/mol. The summed E-state index contributed by atoms with van der Waals surface area (Å²) < 4.78 is 0. The van der Waals surface area contributed by atoms with Gasteiger partial charge in [0.15, 0.2) is 0 Å². The van der Waals surface area contributed by atoms with Crippen LogP contribution < -0.4 is 0 Å². The minimum absolute atomic E-state index is 0.0757. The second kappa shape index (κ2) is 5.06. The minimum Gasteiger partial charge on any atom is -0.481 e. The van der Waals surface area contributed by atoms with Crippen molar-refractivity contribution in [2.75, 3.05) is 6.54 Å². The number of thiazole rings is 1. The number of rotatable bonds is 4. The van der Waals surface area contributed by atoms with Crippen LogP contribution in [0.5, 0.6) is 0 Å². The molecule has 2 rings (SSSR count). The van der Waals surface area contributed by atoms with E-state index < -0.39 is 17.9 Å². The summed E-state index contributed by atoms with van der Waals surface area (Å²) in [6.45, 7) is 4.60. The average molecular weight is 268 g/mol. The van der Waals surface area contributed by atoms with E-state index in [1.807, 2.05) is 19.2 Å². The van der Waals surface area contributed by atoms with Crippen LogP contribution in [-0.2, 0) is 9.59 Å². The Kier molecular flexibility index (Phi) is 3.65. The first-order chi connectivity index (χ1) is 8.50. The van der Waals surface area contributed by atoms with Gasteiger partial charge in [-0.05, 0) is 5.92 Å². The van der Waals surface area contributed by atoms with Crippen LogP contribution in [-0.4, -0.2) is 33.4 Å². The fraction of sp³-hybridized carbons (Fsp3) is 0.583. The lowest BCUT2D eigenvalue weighted by Crippen LogP contribution is -2.33. The number of amides is 1. The van der Waals surface area contributed by atoms with Crippen LogP contribution in [0.25, 0.3) is 0 Å². The molecule has 2 unspecified atom stereocenters. The Morgan fingerprint density at radius 1 is 1.67 bits per heavy atom.